The van der Waals surface area contributed by atoms with Gasteiger partial charge in [0.2, 0.25) is 5.78 Å². The van der Waals surface area contributed by atoms with E-state index >= 15 is 0 Å². The van der Waals surface area contributed by atoms with Gasteiger partial charge < -0.3 is 23.8 Å². The van der Waals surface area contributed by atoms with Crippen LogP contribution in [0.25, 0.3) is 6.08 Å². The van der Waals surface area contributed by atoms with E-state index in [4.69, 9.17) is 13.9 Å². The normalized spacial score (nSPS) is 14.9. The molecule has 0 spiro atoms. The zero-order chi connectivity index (χ0) is 14.8. The Hall–Kier alpha value is -3.02. The highest BCUT2D eigenvalue weighted by Gasteiger charge is 2.28. The number of carbonyl (C=O) groups is 2. The van der Waals surface area contributed by atoms with Crippen molar-refractivity contribution >= 4 is 17.8 Å². The van der Waals surface area contributed by atoms with Gasteiger partial charge in [-0.3, -0.25) is 4.79 Å². The summed E-state index contributed by atoms with van der Waals surface area (Å²) in [5.74, 6) is -0.367. The molecular weight excluding hydrogens is 276 g/mol. The number of ether oxygens (including phenoxy) is 2. The van der Waals surface area contributed by atoms with E-state index in [1.54, 1.807) is 12.1 Å². The van der Waals surface area contributed by atoms with Crippen LogP contribution in [0.2, 0.25) is 0 Å². The molecule has 1 aromatic carbocycles. The van der Waals surface area contributed by atoms with Gasteiger partial charge in [-0.2, -0.15) is 0 Å². The van der Waals surface area contributed by atoms with Crippen molar-refractivity contribution in [3.05, 3.63) is 53.7 Å². The van der Waals surface area contributed by atoms with E-state index in [1.165, 1.54) is 30.5 Å². The second kappa shape index (κ2) is 5.16. The van der Waals surface area contributed by atoms with Crippen LogP contribution in [-0.4, -0.2) is 18.4 Å². The first-order valence-corrected chi connectivity index (χ1v) is 6.08. The summed E-state index contributed by atoms with van der Waals surface area (Å²) in [6.45, 7) is -0.568. The van der Waals surface area contributed by atoms with Gasteiger partial charge >= 0.3 is 0 Å². The molecule has 0 saturated heterocycles. The number of furan rings is 1. The number of aliphatic carboxylic acids is 1. The molecule has 0 N–H and O–H groups in total. The second-order valence-corrected chi connectivity index (χ2v) is 4.27. The Morgan fingerprint density at radius 1 is 1.33 bits per heavy atom. The topological polar surface area (TPSA) is 88.8 Å². The number of carboxylic acid groups (broad SMARTS) is 1. The molecule has 0 bridgehead atoms. The predicted molar refractivity (Wildman–Crippen MR) is 68.6 cm³/mol. The fourth-order valence-electron chi connectivity index (χ4n) is 1.90. The molecular formula is C15H9O6-. The van der Waals surface area contributed by atoms with Crippen molar-refractivity contribution in [3.8, 4) is 11.5 Å². The zero-order valence-electron chi connectivity index (χ0n) is 10.7. The molecule has 21 heavy (non-hydrogen) atoms. The third kappa shape index (κ3) is 2.64. The predicted octanol–water partition coefficient (Wildman–Crippen LogP) is 1.02. The van der Waals surface area contributed by atoms with Crippen molar-refractivity contribution in [1.29, 1.82) is 0 Å². The van der Waals surface area contributed by atoms with Crippen LogP contribution < -0.4 is 14.6 Å². The molecule has 2 aromatic rings. The molecule has 106 valence electrons. The van der Waals surface area contributed by atoms with Gasteiger partial charge in [0.1, 0.15) is 23.9 Å². The van der Waals surface area contributed by atoms with Crippen LogP contribution in [0.1, 0.15) is 16.1 Å². The van der Waals surface area contributed by atoms with Crippen LogP contribution in [0.5, 0.6) is 11.5 Å². The van der Waals surface area contributed by atoms with Crippen molar-refractivity contribution in [1.82, 2.24) is 0 Å². The summed E-state index contributed by atoms with van der Waals surface area (Å²) in [6.07, 6.45) is 2.98. The highest BCUT2D eigenvalue weighted by Crippen LogP contribution is 2.34. The molecule has 0 fully saturated rings. The zero-order valence-corrected chi connectivity index (χ0v) is 10.7. The first kappa shape index (κ1) is 13.0. The maximum absolute atomic E-state index is 12.1. The molecule has 0 radical (unpaired) electrons. The maximum Gasteiger partial charge on any atom is 0.232 e. The summed E-state index contributed by atoms with van der Waals surface area (Å²) in [7, 11) is 0. The van der Waals surface area contributed by atoms with Crippen LogP contribution in [0.4, 0.5) is 0 Å². The van der Waals surface area contributed by atoms with Gasteiger partial charge in [0, 0.05) is 12.1 Å². The van der Waals surface area contributed by atoms with E-state index in [2.05, 4.69) is 0 Å². The van der Waals surface area contributed by atoms with E-state index in [0.29, 0.717) is 17.1 Å². The number of allylic oxidation sites excluding steroid dienone is 1. The minimum atomic E-state index is -1.33. The number of benzene rings is 1. The van der Waals surface area contributed by atoms with Gasteiger partial charge in [0.15, 0.2) is 5.76 Å². The second-order valence-electron chi connectivity index (χ2n) is 4.27. The molecule has 2 heterocycles. The number of fused-ring (bicyclic) bond motifs is 1. The Balaban J connectivity index is 1.84. The molecule has 3 rings (SSSR count). The van der Waals surface area contributed by atoms with E-state index < -0.39 is 12.6 Å². The van der Waals surface area contributed by atoms with Crippen molar-refractivity contribution in [2.24, 2.45) is 0 Å². The summed E-state index contributed by atoms with van der Waals surface area (Å²) in [5.41, 5.74) is 0.383. The van der Waals surface area contributed by atoms with Crippen LogP contribution in [0.15, 0.2) is 46.8 Å². The highest BCUT2D eigenvalue weighted by molar-refractivity contribution is 6.14. The lowest BCUT2D eigenvalue weighted by molar-refractivity contribution is -0.307. The third-order valence-corrected chi connectivity index (χ3v) is 2.81. The number of Topliss-reactive ketones (excluding diaryl/α,β-unsaturated/α-hetero) is 1. The number of carbonyl (C=O) groups excluding carboxylic acids is 2. The van der Waals surface area contributed by atoms with Gasteiger partial charge in [-0.25, -0.2) is 0 Å². The van der Waals surface area contributed by atoms with E-state index in [9.17, 15) is 14.7 Å². The van der Waals surface area contributed by atoms with Gasteiger partial charge in [-0.05, 0) is 24.3 Å². The van der Waals surface area contributed by atoms with Crippen molar-refractivity contribution < 1.29 is 28.6 Å². The van der Waals surface area contributed by atoms with Crippen LogP contribution >= 0.6 is 0 Å². The third-order valence-electron chi connectivity index (χ3n) is 2.81. The van der Waals surface area contributed by atoms with Crippen LogP contribution in [0, 0.1) is 0 Å². The summed E-state index contributed by atoms with van der Waals surface area (Å²) in [5, 5.41) is 10.3. The molecule has 6 heteroatoms. The molecule has 6 nitrogen and oxygen atoms in total. The number of carboxylic acids is 1. The van der Waals surface area contributed by atoms with Crippen molar-refractivity contribution in [2.45, 2.75) is 0 Å². The minimum Gasteiger partial charge on any atom is -0.546 e. The lowest BCUT2D eigenvalue weighted by Gasteiger charge is -2.07. The fraction of sp³-hybridized carbons (Fsp3) is 0.0667. The first-order valence-electron chi connectivity index (χ1n) is 6.08. The largest absolute Gasteiger partial charge is 0.546 e. The van der Waals surface area contributed by atoms with Gasteiger partial charge in [0.25, 0.3) is 0 Å². The van der Waals surface area contributed by atoms with Crippen LogP contribution in [0.3, 0.4) is 0 Å². The Labute approximate surface area is 119 Å². The molecule has 0 unspecified atom stereocenters. The summed E-state index contributed by atoms with van der Waals surface area (Å²) in [6, 6.07) is 7.87. The summed E-state index contributed by atoms with van der Waals surface area (Å²) < 4.78 is 15.6. The Kier molecular flexibility index (Phi) is 3.19. The fourth-order valence-corrected chi connectivity index (χ4v) is 1.90. The Morgan fingerprint density at radius 2 is 2.19 bits per heavy atom. The Morgan fingerprint density at radius 3 is 2.90 bits per heavy atom. The first-order chi connectivity index (χ1) is 10.1. The molecule has 1 aliphatic rings. The number of ketones is 1. The minimum absolute atomic E-state index is 0.136. The molecule has 0 saturated carbocycles. The SMILES string of the molecule is O=C([O-])COc1ccc2c(c1)O/C(=C\c1ccco1)C2=O. The maximum atomic E-state index is 12.1. The van der Waals surface area contributed by atoms with Crippen LogP contribution in [-0.2, 0) is 4.79 Å². The van der Waals surface area contributed by atoms with Crippen molar-refractivity contribution in [3.63, 3.8) is 0 Å². The monoisotopic (exact) mass is 285 g/mol. The molecule has 0 atom stereocenters. The lowest BCUT2D eigenvalue weighted by atomic mass is 10.1. The van der Waals surface area contributed by atoms with E-state index in [-0.39, 0.29) is 17.3 Å². The molecule has 1 aromatic heterocycles. The molecule has 0 amide bonds. The van der Waals surface area contributed by atoms with Gasteiger partial charge in [0.05, 0.1) is 17.8 Å². The molecule has 0 aliphatic carbocycles. The van der Waals surface area contributed by atoms with E-state index in [0.717, 1.165) is 0 Å². The smallest absolute Gasteiger partial charge is 0.232 e. The summed E-state index contributed by atoms with van der Waals surface area (Å²) >= 11 is 0. The quantitative estimate of drug-likeness (QED) is 0.779. The average molecular weight is 285 g/mol. The van der Waals surface area contributed by atoms with E-state index in [1.807, 2.05) is 0 Å². The Bertz CT molecular complexity index is 727. The molecule has 1 aliphatic heterocycles. The van der Waals surface area contributed by atoms with Gasteiger partial charge in [-0.1, -0.05) is 0 Å². The standard InChI is InChI=1S/C15H10O6/c16-14(17)8-20-10-3-4-11-12(6-10)21-13(15(11)18)7-9-2-1-5-19-9/h1-7H,8H2,(H,16,17)/p-1/b13-7-. The number of hydrogen-bond donors (Lipinski definition) is 0. The lowest BCUT2D eigenvalue weighted by Crippen LogP contribution is -2.28. The highest BCUT2D eigenvalue weighted by atomic mass is 16.5. The number of rotatable bonds is 4. The average Bonchev–Trinajstić information content (AvgIpc) is 3.06. The van der Waals surface area contributed by atoms with Crippen molar-refractivity contribution in [2.75, 3.05) is 6.61 Å². The van der Waals surface area contributed by atoms with Gasteiger partial charge in [-0.15, -0.1) is 0 Å². The summed E-state index contributed by atoms with van der Waals surface area (Å²) in [4.78, 5) is 22.5. The number of hydrogen-bond acceptors (Lipinski definition) is 6.